The first-order valence-corrected chi connectivity index (χ1v) is 10.2. The Morgan fingerprint density at radius 3 is 2.16 bits per heavy atom. The van der Waals surface area contributed by atoms with Crippen LogP contribution >= 0.6 is 0 Å². The summed E-state index contributed by atoms with van der Waals surface area (Å²) in [6.45, 7) is -0.0474. The van der Waals surface area contributed by atoms with E-state index in [0.29, 0.717) is 0 Å². The molecule has 0 saturated carbocycles. The van der Waals surface area contributed by atoms with E-state index in [1.165, 1.54) is 5.39 Å². The molecule has 0 bridgehead atoms. The number of benzene rings is 4. The van der Waals surface area contributed by atoms with Crippen molar-refractivity contribution in [3.63, 3.8) is 0 Å². The molecule has 0 radical (unpaired) electrons. The lowest BCUT2D eigenvalue weighted by Crippen LogP contribution is -2.39. The zero-order valence-corrected chi connectivity index (χ0v) is 17.3. The smallest absolute Gasteiger partial charge is 0.449 e. The van der Waals surface area contributed by atoms with E-state index in [9.17, 15) is 14.8 Å². The first-order chi connectivity index (χ1) is 15.0. The lowest BCUT2D eigenvalue weighted by Gasteiger charge is -2.27. The van der Waals surface area contributed by atoms with Crippen LogP contribution in [0.5, 0.6) is 0 Å². The second kappa shape index (κ2) is 9.31. The van der Waals surface area contributed by atoms with Crippen LogP contribution in [0.25, 0.3) is 21.5 Å². The first-order valence-electron chi connectivity index (χ1n) is 10.2. The van der Waals surface area contributed by atoms with Crippen LogP contribution in [0.4, 0.5) is 0 Å². The molecule has 156 valence electrons. The van der Waals surface area contributed by atoms with Crippen LogP contribution in [0.15, 0.2) is 84.9 Å². The number of carbonyl (C=O) groups is 1. The molecule has 1 unspecified atom stereocenters. The van der Waals surface area contributed by atoms with E-state index in [1.54, 1.807) is 24.1 Å². The molecule has 0 heterocycles. The quantitative estimate of drug-likeness (QED) is 0.209. The second-order valence-electron chi connectivity index (χ2n) is 7.73. The Labute approximate surface area is 181 Å². The molecule has 4 aromatic rings. The van der Waals surface area contributed by atoms with Crippen LogP contribution in [-0.4, -0.2) is 41.8 Å². The standard InChI is InChI=1S/C25H24BNO4/c1-27(25(26(29)30)19-7-3-2-4-8-19)17-31-24(28)14-18-11-12-22-15-20-9-5-6-10-21(20)16-23(22)13-18/h2-13,15-16,25,29-30H,14,17H2,1H3. The third-order valence-corrected chi connectivity index (χ3v) is 5.45. The van der Waals surface area contributed by atoms with Crippen molar-refractivity contribution >= 4 is 34.6 Å². The molecule has 0 aliphatic rings. The highest BCUT2D eigenvalue weighted by Crippen LogP contribution is 2.24. The Morgan fingerprint density at radius 2 is 1.48 bits per heavy atom. The van der Waals surface area contributed by atoms with Crippen molar-refractivity contribution in [3.05, 3.63) is 96.1 Å². The van der Waals surface area contributed by atoms with Gasteiger partial charge >= 0.3 is 13.1 Å². The molecule has 4 rings (SSSR count). The highest BCUT2D eigenvalue weighted by atomic mass is 16.5. The lowest BCUT2D eigenvalue weighted by atomic mass is 9.74. The molecular formula is C25H24BNO4. The van der Waals surface area contributed by atoms with E-state index >= 15 is 0 Å². The molecule has 31 heavy (non-hydrogen) atoms. The maximum absolute atomic E-state index is 12.4. The Bertz CT molecular complexity index is 1200. The summed E-state index contributed by atoms with van der Waals surface area (Å²) in [6, 6.07) is 27.6. The molecule has 0 amide bonds. The van der Waals surface area contributed by atoms with Gasteiger partial charge in [-0.2, -0.15) is 0 Å². The fraction of sp³-hybridized carbons (Fsp3) is 0.160. The normalized spacial score (nSPS) is 12.3. The van der Waals surface area contributed by atoms with Gasteiger partial charge in [-0.1, -0.05) is 72.8 Å². The third kappa shape index (κ3) is 4.94. The molecule has 5 nitrogen and oxygen atoms in total. The predicted molar refractivity (Wildman–Crippen MR) is 123 cm³/mol. The number of rotatable bonds is 7. The van der Waals surface area contributed by atoms with Crippen molar-refractivity contribution < 1.29 is 19.6 Å². The van der Waals surface area contributed by atoms with Crippen LogP contribution in [0, 0.1) is 0 Å². The molecule has 6 heteroatoms. The maximum Gasteiger partial charge on any atom is 0.474 e. The van der Waals surface area contributed by atoms with Crippen molar-refractivity contribution in [2.24, 2.45) is 0 Å². The van der Waals surface area contributed by atoms with Gasteiger partial charge < -0.3 is 14.8 Å². The molecular weight excluding hydrogens is 389 g/mol. The van der Waals surface area contributed by atoms with E-state index in [4.69, 9.17) is 4.74 Å². The zero-order valence-electron chi connectivity index (χ0n) is 17.3. The number of fused-ring (bicyclic) bond motifs is 2. The number of esters is 1. The van der Waals surface area contributed by atoms with E-state index in [-0.39, 0.29) is 19.1 Å². The van der Waals surface area contributed by atoms with E-state index in [1.807, 2.05) is 48.5 Å². The minimum absolute atomic E-state index is 0.0474. The topological polar surface area (TPSA) is 70.0 Å². The molecule has 1 atom stereocenters. The molecule has 2 N–H and O–H groups in total. The van der Waals surface area contributed by atoms with Crippen LogP contribution in [-0.2, 0) is 16.0 Å². The fourth-order valence-electron chi connectivity index (χ4n) is 3.88. The minimum atomic E-state index is -1.60. The average Bonchev–Trinajstić information content (AvgIpc) is 2.77. The van der Waals surface area contributed by atoms with Gasteiger partial charge in [-0.05, 0) is 51.9 Å². The van der Waals surface area contributed by atoms with E-state index in [2.05, 4.69) is 24.3 Å². The summed E-state index contributed by atoms with van der Waals surface area (Å²) in [6.07, 6.45) is 0.147. The number of hydrogen-bond donors (Lipinski definition) is 2. The summed E-state index contributed by atoms with van der Waals surface area (Å²) in [4.78, 5) is 14.0. The van der Waals surface area contributed by atoms with Gasteiger partial charge in [0.05, 0.1) is 12.4 Å². The SMILES string of the molecule is CN(COC(=O)Cc1ccc2cc3ccccc3cc2c1)C(B(O)O)c1ccccc1. The Hall–Kier alpha value is -3.19. The summed E-state index contributed by atoms with van der Waals surface area (Å²) in [5.41, 5.74) is 1.61. The van der Waals surface area contributed by atoms with Gasteiger partial charge in [0, 0.05) is 0 Å². The summed E-state index contributed by atoms with van der Waals surface area (Å²) in [5, 5.41) is 24.1. The van der Waals surface area contributed by atoms with Crippen molar-refractivity contribution in [3.8, 4) is 0 Å². The van der Waals surface area contributed by atoms with E-state index in [0.717, 1.165) is 27.3 Å². The number of nitrogens with zero attached hydrogens (tertiary/aromatic N) is 1. The molecule has 0 saturated heterocycles. The van der Waals surface area contributed by atoms with Crippen molar-refractivity contribution in [1.82, 2.24) is 4.90 Å². The Balaban J connectivity index is 1.42. The summed E-state index contributed by atoms with van der Waals surface area (Å²) in [7, 11) is 0.0901. The maximum atomic E-state index is 12.4. The molecule has 0 spiro atoms. The molecule has 0 aliphatic carbocycles. The van der Waals surface area contributed by atoms with Gasteiger partial charge in [0.15, 0.2) is 0 Å². The molecule has 0 aromatic heterocycles. The molecule has 4 aromatic carbocycles. The van der Waals surface area contributed by atoms with Gasteiger partial charge in [-0.3, -0.25) is 9.69 Å². The zero-order chi connectivity index (χ0) is 21.8. The fourth-order valence-corrected chi connectivity index (χ4v) is 3.88. The summed E-state index contributed by atoms with van der Waals surface area (Å²) >= 11 is 0. The summed E-state index contributed by atoms with van der Waals surface area (Å²) in [5.74, 6) is -1.06. The Kier molecular flexibility index (Phi) is 6.32. The summed E-state index contributed by atoms with van der Waals surface area (Å²) < 4.78 is 5.41. The minimum Gasteiger partial charge on any atom is -0.449 e. The van der Waals surface area contributed by atoms with Crippen molar-refractivity contribution in [2.75, 3.05) is 13.8 Å². The first kappa shape index (κ1) is 21.1. The van der Waals surface area contributed by atoms with Crippen molar-refractivity contribution in [1.29, 1.82) is 0 Å². The Morgan fingerprint density at radius 1 is 0.871 bits per heavy atom. The van der Waals surface area contributed by atoms with Gasteiger partial charge in [0.2, 0.25) is 0 Å². The van der Waals surface area contributed by atoms with Crippen LogP contribution in [0.2, 0.25) is 0 Å². The third-order valence-electron chi connectivity index (χ3n) is 5.45. The van der Waals surface area contributed by atoms with Gasteiger partial charge in [0.1, 0.15) is 6.73 Å². The van der Waals surface area contributed by atoms with Crippen LogP contribution < -0.4 is 0 Å². The van der Waals surface area contributed by atoms with Gasteiger partial charge in [0.25, 0.3) is 0 Å². The highest BCUT2D eigenvalue weighted by molar-refractivity contribution is 6.43. The number of hydrogen-bond acceptors (Lipinski definition) is 5. The average molecular weight is 413 g/mol. The van der Waals surface area contributed by atoms with E-state index < -0.39 is 13.1 Å². The van der Waals surface area contributed by atoms with Crippen LogP contribution in [0.3, 0.4) is 0 Å². The largest absolute Gasteiger partial charge is 0.474 e. The predicted octanol–water partition coefficient (Wildman–Crippen LogP) is 3.72. The second-order valence-corrected chi connectivity index (χ2v) is 7.73. The lowest BCUT2D eigenvalue weighted by molar-refractivity contribution is -0.147. The number of ether oxygens (including phenoxy) is 1. The van der Waals surface area contributed by atoms with Gasteiger partial charge in [-0.25, -0.2) is 0 Å². The highest BCUT2D eigenvalue weighted by Gasteiger charge is 2.29. The monoisotopic (exact) mass is 413 g/mol. The van der Waals surface area contributed by atoms with Crippen molar-refractivity contribution in [2.45, 2.75) is 12.4 Å². The number of carbonyl (C=O) groups excluding carboxylic acids is 1. The molecule has 0 fully saturated rings. The van der Waals surface area contributed by atoms with Gasteiger partial charge in [-0.15, -0.1) is 0 Å². The van der Waals surface area contributed by atoms with Crippen LogP contribution in [0.1, 0.15) is 17.1 Å². The molecule has 0 aliphatic heterocycles.